The number of carbonyl (C=O) groups excluding carboxylic acids is 2. The van der Waals surface area contributed by atoms with E-state index < -0.39 is 5.41 Å². The molecule has 0 fully saturated rings. The van der Waals surface area contributed by atoms with Gasteiger partial charge in [0.1, 0.15) is 0 Å². The number of anilines is 1. The van der Waals surface area contributed by atoms with Crippen molar-refractivity contribution in [3.63, 3.8) is 0 Å². The molecule has 2 amide bonds. The van der Waals surface area contributed by atoms with Crippen LogP contribution in [0.15, 0.2) is 18.2 Å². The van der Waals surface area contributed by atoms with Crippen molar-refractivity contribution in [1.29, 1.82) is 0 Å². The second-order valence-electron chi connectivity index (χ2n) is 6.32. The summed E-state index contributed by atoms with van der Waals surface area (Å²) in [7, 11) is 1.77. The van der Waals surface area contributed by atoms with E-state index in [-0.39, 0.29) is 11.8 Å². The van der Waals surface area contributed by atoms with E-state index in [4.69, 9.17) is 0 Å². The summed E-state index contributed by atoms with van der Waals surface area (Å²) < 4.78 is 0. The fourth-order valence-corrected chi connectivity index (χ4v) is 2.51. The molecule has 0 saturated heterocycles. The van der Waals surface area contributed by atoms with Crippen molar-refractivity contribution >= 4 is 17.5 Å². The number of likely N-dealkylation sites (N-methyl/N-ethyl adjacent to an activating group) is 1. The number of rotatable bonds is 3. The predicted octanol–water partition coefficient (Wildman–Crippen LogP) is 2.33. The lowest BCUT2D eigenvalue weighted by molar-refractivity contribution is -0.121. The van der Waals surface area contributed by atoms with Crippen LogP contribution >= 0.6 is 0 Å². The Morgan fingerprint density at radius 2 is 2.00 bits per heavy atom. The van der Waals surface area contributed by atoms with E-state index in [1.807, 2.05) is 26.0 Å². The zero-order chi connectivity index (χ0) is 15.1. The van der Waals surface area contributed by atoms with Gasteiger partial charge in [0.25, 0.3) is 5.91 Å². The maximum atomic E-state index is 12.2. The number of fused-ring (bicyclic) bond motifs is 1. The molecule has 4 heteroatoms. The van der Waals surface area contributed by atoms with Crippen molar-refractivity contribution < 1.29 is 9.59 Å². The molecule has 2 rings (SSSR count). The third kappa shape index (κ3) is 2.30. The number of hydrogen-bond donors (Lipinski definition) is 1. The second kappa shape index (κ2) is 4.93. The number of carbonyl (C=O) groups is 2. The molecule has 0 atom stereocenters. The van der Waals surface area contributed by atoms with Crippen LogP contribution in [0.1, 0.15) is 43.6 Å². The first-order chi connectivity index (χ1) is 9.25. The fraction of sp³-hybridized carbons (Fsp3) is 0.500. The van der Waals surface area contributed by atoms with E-state index in [1.54, 1.807) is 18.0 Å². The molecule has 108 valence electrons. The number of benzene rings is 1. The van der Waals surface area contributed by atoms with Crippen LogP contribution in [-0.4, -0.2) is 25.4 Å². The van der Waals surface area contributed by atoms with Crippen LogP contribution < -0.4 is 10.2 Å². The highest BCUT2D eigenvalue weighted by molar-refractivity contribution is 6.08. The average molecular weight is 274 g/mol. The van der Waals surface area contributed by atoms with Gasteiger partial charge in [0.2, 0.25) is 5.91 Å². The van der Waals surface area contributed by atoms with E-state index >= 15 is 0 Å². The third-order valence-corrected chi connectivity index (χ3v) is 3.80. The first-order valence-corrected chi connectivity index (χ1v) is 6.96. The number of amides is 2. The molecule has 0 saturated carbocycles. The summed E-state index contributed by atoms with van der Waals surface area (Å²) >= 11 is 0. The molecule has 20 heavy (non-hydrogen) atoms. The normalized spacial score (nSPS) is 16.5. The van der Waals surface area contributed by atoms with Crippen LogP contribution in [0.5, 0.6) is 0 Å². The van der Waals surface area contributed by atoms with Gasteiger partial charge in [-0.15, -0.1) is 0 Å². The van der Waals surface area contributed by atoms with Crippen molar-refractivity contribution in [3.05, 3.63) is 29.3 Å². The smallest absolute Gasteiger partial charge is 0.251 e. The van der Waals surface area contributed by atoms with E-state index in [1.165, 1.54) is 0 Å². The molecule has 1 aliphatic heterocycles. The van der Waals surface area contributed by atoms with Gasteiger partial charge in [0, 0.05) is 24.8 Å². The van der Waals surface area contributed by atoms with E-state index in [0.717, 1.165) is 11.3 Å². The topological polar surface area (TPSA) is 49.4 Å². The Morgan fingerprint density at radius 1 is 1.35 bits per heavy atom. The van der Waals surface area contributed by atoms with E-state index in [2.05, 4.69) is 19.2 Å². The maximum Gasteiger partial charge on any atom is 0.251 e. The number of nitrogens with zero attached hydrogens (tertiary/aromatic N) is 1. The molecule has 1 heterocycles. The fourth-order valence-electron chi connectivity index (χ4n) is 2.51. The highest BCUT2D eigenvalue weighted by Gasteiger charge is 2.42. The first-order valence-electron chi connectivity index (χ1n) is 6.96. The summed E-state index contributed by atoms with van der Waals surface area (Å²) in [5.41, 5.74) is 1.85. The summed E-state index contributed by atoms with van der Waals surface area (Å²) in [5, 5.41) is 2.90. The van der Waals surface area contributed by atoms with Crippen molar-refractivity contribution in [2.24, 2.45) is 5.92 Å². The molecule has 4 nitrogen and oxygen atoms in total. The van der Waals surface area contributed by atoms with Crippen LogP contribution in [0.4, 0.5) is 5.69 Å². The summed E-state index contributed by atoms with van der Waals surface area (Å²) in [5.74, 6) is 0.393. The Hall–Kier alpha value is -1.84. The van der Waals surface area contributed by atoms with Crippen LogP contribution in [0, 0.1) is 5.92 Å². The lowest BCUT2D eigenvalue weighted by atomic mass is 9.85. The largest absolute Gasteiger partial charge is 0.352 e. The van der Waals surface area contributed by atoms with E-state index in [9.17, 15) is 9.59 Å². The summed E-state index contributed by atoms with van der Waals surface area (Å²) in [4.78, 5) is 26.0. The molecule has 1 N–H and O–H groups in total. The van der Waals surface area contributed by atoms with Gasteiger partial charge in [-0.1, -0.05) is 13.8 Å². The quantitative estimate of drug-likeness (QED) is 0.919. The molecule has 0 spiro atoms. The monoisotopic (exact) mass is 274 g/mol. The molecule has 1 aromatic carbocycles. The van der Waals surface area contributed by atoms with Crippen LogP contribution in [-0.2, 0) is 10.2 Å². The Kier molecular flexibility index (Phi) is 3.59. The summed E-state index contributed by atoms with van der Waals surface area (Å²) in [6.45, 7) is 8.55. The second-order valence-corrected chi connectivity index (χ2v) is 6.32. The third-order valence-electron chi connectivity index (χ3n) is 3.80. The van der Waals surface area contributed by atoms with Crippen molar-refractivity contribution in [2.45, 2.75) is 33.1 Å². The maximum absolute atomic E-state index is 12.2. The minimum Gasteiger partial charge on any atom is -0.352 e. The van der Waals surface area contributed by atoms with E-state index in [0.29, 0.717) is 18.0 Å². The molecule has 1 aliphatic rings. The SMILES string of the molecule is CC(C)CNC(=O)c1ccc2c(c1)C(C)(C)C(=O)N2C. The van der Waals surface area contributed by atoms with Crippen molar-refractivity contribution in [3.8, 4) is 0 Å². The van der Waals surface area contributed by atoms with Crippen LogP contribution in [0.3, 0.4) is 0 Å². The minimum atomic E-state index is -0.571. The van der Waals surface area contributed by atoms with Gasteiger partial charge < -0.3 is 10.2 Å². The summed E-state index contributed by atoms with van der Waals surface area (Å²) in [6, 6.07) is 5.47. The van der Waals surface area contributed by atoms with Gasteiger partial charge in [-0.25, -0.2) is 0 Å². The molecular weight excluding hydrogens is 252 g/mol. The Labute approximate surface area is 120 Å². The van der Waals surface area contributed by atoms with Gasteiger partial charge in [-0.3, -0.25) is 9.59 Å². The summed E-state index contributed by atoms with van der Waals surface area (Å²) in [6.07, 6.45) is 0. The predicted molar refractivity (Wildman–Crippen MR) is 80.0 cm³/mol. The minimum absolute atomic E-state index is 0.0623. The average Bonchev–Trinajstić information content (AvgIpc) is 2.57. The van der Waals surface area contributed by atoms with Gasteiger partial charge in [0.05, 0.1) is 5.41 Å². The standard InChI is InChI=1S/C16H22N2O2/c1-10(2)9-17-14(19)11-6-7-13-12(8-11)16(3,4)15(20)18(13)5/h6-8,10H,9H2,1-5H3,(H,17,19). The van der Waals surface area contributed by atoms with Gasteiger partial charge >= 0.3 is 0 Å². The molecule has 0 aliphatic carbocycles. The van der Waals surface area contributed by atoms with Crippen molar-refractivity contribution in [2.75, 3.05) is 18.5 Å². The molecule has 0 aromatic heterocycles. The lowest BCUT2D eigenvalue weighted by Crippen LogP contribution is -2.33. The van der Waals surface area contributed by atoms with Crippen molar-refractivity contribution in [1.82, 2.24) is 5.32 Å². The highest BCUT2D eigenvalue weighted by atomic mass is 16.2. The lowest BCUT2D eigenvalue weighted by Gasteiger charge is -2.16. The van der Waals surface area contributed by atoms with Gasteiger partial charge in [-0.05, 0) is 43.5 Å². The molecule has 0 unspecified atom stereocenters. The van der Waals surface area contributed by atoms with Gasteiger partial charge in [0.15, 0.2) is 0 Å². The first kappa shape index (κ1) is 14.6. The number of hydrogen-bond acceptors (Lipinski definition) is 2. The number of nitrogens with one attached hydrogen (secondary N) is 1. The Bertz CT molecular complexity index is 562. The molecular formula is C16H22N2O2. The zero-order valence-corrected chi connectivity index (χ0v) is 12.8. The Morgan fingerprint density at radius 3 is 2.60 bits per heavy atom. The highest BCUT2D eigenvalue weighted by Crippen LogP contribution is 2.40. The zero-order valence-electron chi connectivity index (χ0n) is 12.8. The molecule has 0 radical (unpaired) electrons. The van der Waals surface area contributed by atoms with Crippen LogP contribution in [0.2, 0.25) is 0 Å². The van der Waals surface area contributed by atoms with Gasteiger partial charge in [-0.2, -0.15) is 0 Å². The Balaban J connectivity index is 2.32. The molecule has 0 bridgehead atoms. The van der Waals surface area contributed by atoms with Crippen LogP contribution in [0.25, 0.3) is 0 Å². The molecule has 1 aromatic rings.